The first-order valence-corrected chi connectivity index (χ1v) is 10.7. The van der Waals surface area contributed by atoms with Crippen LogP contribution < -0.4 is 10.3 Å². The second-order valence-electron chi connectivity index (χ2n) is 6.96. The van der Waals surface area contributed by atoms with Crippen molar-refractivity contribution in [1.82, 2.24) is 19.3 Å². The monoisotopic (exact) mass is 426 g/mol. The van der Waals surface area contributed by atoms with Gasteiger partial charge in [-0.05, 0) is 36.8 Å². The maximum atomic E-state index is 13.4. The minimum absolute atomic E-state index is 0.113. The largest absolute Gasteiger partial charge is 0.294 e. The highest BCUT2D eigenvalue weighted by atomic mass is 32.2. The number of fused-ring (bicyclic) bond motifs is 1. The predicted octanol–water partition coefficient (Wildman–Crippen LogP) is 2.73. The molecule has 30 heavy (non-hydrogen) atoms. The third kappa shape index (κ3) is 4.17. The first-order valence-electron chi connectivity index (χ1n) is 9.23. The van der Waals surface area contributed by atoms with Crippen molar-refractivity contribution < 1.29 is 12.8 Å². The Morgan fingerprint density at radius 3 is 2.50 bits per heavy atom. The summed E-state index contributed by atoms with van der Waals surface area (Å²) in [6, 6.07) is 15.9. The van der Waals surface area contributed by atoms with Gasteiger partial charge < -0.3 is 0 Å². The van der Waals surface area contributed by atoms with Gasteiger partial charge in [-0.15, -0.1) is 0 Å². The van der Waals surface area contributed by atoms with Crippen molar-refractivity contribution in [3.05, 3.63) is 99.9 Å². The molecule has 0 radical (unpaired) electrons. The maximum absolute atomic E-state index is 13.4. The fourth-order valence-electron chi connectivity index (χ4n) is 3.25. The molecule has 0 unspecified atom stereocenters. The Bertz CT molecular complexity index is 1350. The van der Waals surface area contributed by atoms with Crippen LogP contribution in [0.5, 0.6) is 0 Å². The molecule has 4 rings (SSSR count). The van der Waals surface area contributed by atoms with Gasteiger partial charge in [0.15, 0.2) is 5.65 Å². The van der Waals surface area contributed by atoms with Crippen LogP contribution in [0.15, 0.2) is 76.4 Å². The molecule has 0 bridgehead atoms. The van der Waals surface area contributed by atoms with E-state index < -0.39 is 21.9 Å². The Morgan fingerprint density at radius 2 is 1.80 bits per heavy atom. The third-order valence-electron chi connectivity index (χ3n) is 4.67. The number of rotatable bonds is 6. The Hall–Kier alpha value is -3.30. The molecule has 0 aliphatic heterocycles. The van der Waals surface area contributed by atoms with Crippen LogP contribution in [0.25, 0.3) is 5.65 Å². The zero-order chi connectivity index (χ0) is 21.3. The van der Waals surface area contributed by atoms with Gasteiger partial charge >= 0.3 is 0 Å². The van der Waals surface area contributed by atoms with E-state index in [1.165, 1.54) is 47.0 Å². The lowest BCUT2D eigenvalue weighted by molar-refractivity contribution is 0.552. The van der Waals surface area contributed by atoms with E-state index >= 15 is 0 Å². The molecular weight excluding hydrogens is 407 g/mol. The number of halogens is 1. The van der Waals surface area contributed by atoms with Crippen molar-refractivity contribution in [1.29, 1.82) is 0 Å². The Balaban J connectivity index is 1.72. The normalized spacial score (nSPS) is 12.9. The first-order chi connectivity index (χ1) is 14.3. The fraction of sp³-hybridized carbons (Fsp3) is 0.143. The highest BCUT2D eigenvalue weighted by Gasteiger charge is 2.23. The third-order valence-corrected chi connectivity index (χ3v) is 6.16. The molecule has 1 atom stereocenters. The molecule has 0 saturated heterocycles. The van der Waals surface area contributed by atoms with Gasteiger partial charge in [0.1, 0.15) is 5.82 Å². The number of nitrogens with one attached hydrogen (secondary N) is 2. The highest BCUT2D eigenvalue weighted by Crippen LogP contribution is 2.21. The summed E-state index contributed by atoms with van der Waals surface area (Å²) >= 11 is 0. The van der Waals surface area contributed by atoms with Crippen LogP contribution in [0.3, 0.4) is 0 Å². The van der Waals surface area contributed by atoms with Crippen LogP contribution >= 0.6 is 0 Å². The van der Waals surface area contributed by atoms with E-state index in [1.807, 2.05) is 6.92 Å². The van der Waals surface area contributed by atoms with E-state index in [0.29, 0.717) is 16.9 Å². The Morgan fingerprint density at radius 1 is 1.10 bits per heavy atom. The summed E-state index contributed by atoms with van der Waals surface area (Å²) in [6.07, 6.45) is 0.119. The lowest BCUT2D eigenvalue weighted by Gasteiger charge is -2.19. The van der Waals surface area contributed by atoms with Gasteiger partial charge in [0.25, 0.3) is 5.56 Å². The smallest absolute Gasteiger partial charge is 0.272 e. The van der Waals surface area contributed by atoms with Gasteiger partial charge in [-0.3, -0.25) is 9.89 Å². The van der Waals surface area contributed by atoms with Crippen molar-refractivity contribution in [2.75, 3.05) is 0 Å². The van der Waals surface area contributed by atoms with E-state index in [4.69, 9.17) is 0 Å². The summed E-state index contributed by atoms with van der Waals surface area (Å²) in [7, 11) is -3.85. The van der Waals surface area contributed by atoms with E-state index in [2.05, 4.69) is 14.8 Å². The second kappa shape index (κ2) is 7.85. The molecule has 4 aromatic rings. The average molecular weight is 426 g/mol. The molecule has 7 nitrogen and oxygen atoms in total. The summed E-state index contributed by atoms with van der Waals surface area (Å²) in [5, 5.41) is 2.89. The number of hydrogen-bond acceptors (Lipinski definition) is 4. The number of aryl methyl sites for hydroxylation is 1. The number of H-pyrrole nitrogens is 1. The highest BCUT2D eigenvalue weighted by molar-refractivity contribution is 7.89. The molecule has 2 N–H and O–H groups in total. The number of hydrogen-bond donors (Lipinski definition) is 2. The van der Waals surface area contributed by atoms with Crippen molar-refractivity contribution >= 4 is 15.7 Å². The van der Waals surface area contributed by atoms with Crippen LogP contribution in [0, 0.1) is 12.7 Å². The topological polar surface area (TPSA) is 96.3 Å². The van der Waals surface area contributed by atoms with Gasteiger partial charge in [-0.25, -0.2) is 27.0 Å². The standard InChI is InChI=1S/C21H19FN4O3S/c1-14-11-20-23-17(13-21(27)26(20)24-14)12-19(15-7-9-16(22)10-8-15)25-30(28,29)18-5-3-2-4-6-18/h2-11,13,19,24-25H,12H2,1H3/t19-/m1/s1. The number of benzene rings is 2. The SMILES string of the molecule is Cc1cc2nc(C[C@@H](NS(=O)(=O)c3ccccc3)c3ccc(F)cc3)cc(=O)n2[nH]1. The molecule has 9 heteroatoms. The van der Waals surface area contributed by atoms with Crippen LogP contribution in [0.2, 0.25) is 0 Å². The van der Waals surface area contributed by atoms with Gasteiger partial charge in [0.2, 0.25) is 10.0 Å². The van der Waals surface area contributed by atoms with Crippen molar-refractivity contribution in [3.8, 4) is 0 Å². The molecule has 2 aromatic heterocycles. The van der Waals surface area contributed by atoms with E-state index in [0.717, 1.165) is 5.69 Å². The summed E-state index contributed by atoms with van der Waals surface area (Å²) in [5.41, 5.74) is 1.90. The molecule has 2 aromatic carbocycles. The van der Waals surface area contributed by atoms with Crippen molar-refractivity contribution in [2.45, 2.75) is 24.3 Å². The lowest BCUT2D eigenvalue weighted by atomic mass is 10.0. The van der Waals surface area contributed by atoms with Gasteiger partial charge in [0, 0.05) is 24.2 Å². The zero-order valence-electron chi connectivity index (χ0n) is 16.0. The van der Waals surface area contributed by atoms with Crippen molar-refractivity contribution in [2.24, 2.45) is 0 Å². The van der Waals surface area contributed by atoms with Crippen LogP contribution in [-0.4, -0.2) is 23.0 Å². The minimum Gasteiger partial charge on any atom is -0.294 e. The number of nitrogens with zero attached hydrogens (tertiary/aromatic N) is 2. The summed E-state index contributed by atoms with van der Waals surface area (Å²) < 4.78 is 43.1. The lowest BCUT2D eigenvalue weighted by Crippen LogP contribution is -2.31. The summed E-state index contributed by atoms with van der Waals surface area (Å²) in [6.45, 7) is 1.81. The van der Waals surface area contributed by atoms with E-state index in [1.54, 1.807) is 24.3 Å². The number of aromatic nitrogens is 3. The number of sulfonamides is 1. The first kappa shape index (κ1) is 20.0. The Labute approximate surface area is 172 Å². The second-order valence-corrected chi connectivity index (χ2v) is 8.68. The summed E-state index contributed by atoms with van der Waals surface area (Å²) in [5.74, 6) is -0.427. The minimum atomic E-state index is -3.85. The maximum Gasteiger partial charge on any atom is 0.272 e. The predicted molar refractivity (Wildman–Crippen MR) is 110 cm³/mol. The van der Waals surface area contributed by atoms with E-state index in [-0.39, 0.29) is 16.9 Å². The molecule has 0 aliphatic rings. The molecule has 0 aliphatic carbocycles. The average Bonchev–Trinajstić information content (AvgIpc) is 3.09. The summed E-state index contributed by atoms with van der Waals surface area (Å²) in [4.78, 5) is 17.0. The van der Waals surface area contributed by atoms with Gasteiger partial charge in [-0.1, -0.05) is 30.3 Å². The van der Waals surface area contributed by atoms with Crippen molar-refractivity contribution in [3.63, 3.8) is 0 Å². The van der Waals surface area contributed by atoms with Crippen LogP contribution in [-0.2, 0) is 16.4 Å². The van der Waals surface area contributed by atoms with Gasteiger partial charge in [-0.2, -0.15) is 0 Å². The van der Waals surface area contributed by atoms with Crippen LogP contribution in [0.4, 0.5) is 4.39 Å². The molecule has 0 fully saturated rings. The van der Waals surface area contributed by atoms with Gasteiger partial charge in [0.05, 0.1) is 16.6 Å². The van der Waals surface area contributed by atoms with E-state index in [9.17, 15) is 17.6 Å². The molecule has 0 saturated carbocycles. The van der Waals surface area contributed by atoms with Crippen LogP contribution in [0.1, 0.15) is 23.0 Å². The number of aromatic amines is 1. The fourth-order valence-corrected chi connectivity index (χ4v) is 4.50. The zero-order valence-corrected chi connectivity index (χ0v) is 16.9. The molecular formula is C21H19FN4O3S. The quantitative estimate of drug-likeness (QED) is 0.496. The Kier molecular flexibility index (Phi) is 5.23. The molecule has 154 valence electrons. The molecule has 2 heterocycles. The molecule has 0 amide bonds. The molecule has 0 spiro atoms.